The third kappa shape index (κ3) is 3.49. The number of benzene rings is 1. The molecule has 0 aliphatic rings. The number of hydrogen-bond donors (Lipinski definition) is 1. The van der Waals surface area contributed by atoms with Crippen molar-refractivity contribution < 1.29 is 13.7 Å². The molecule has 9 heteroatoms. The zero-order chi connectivity index (χ0) is 17.3. The molecule has 1 aromatic carbocycles. The van der Waals surface area contributed by atoms with Crippen LogP contribution in [0.3, 0.4) is 0 Å². The first kappa shape index (κ1) is 16.7. The molecular formula is C15H11BrClFN4O2. The third-order valence-corrected chi connectivity index (χ3v) is 3.99. The SMILES string of the molecule is Cc1onc(C(=O)Nc2ccc(Br)cc2F)c1Cn1cc(Cl)cn1. The summed E-state index contributed by atoms with van der Waals surface area (Å²) in [4.78, 5) is 12.4. The number of carbonyl (C=O) groups is 1. The van der Waals surface area contributed by atoms with Gasteiger partial charge in [0, 0.05) is 16.2 Å². The normalized spacial score (nSPS) is 10.8. The number of amides is 1. The summed E-state index contributed by atoms with van der Waals surface area (Å²) in [5, 5.41) is 10.8. The molecule has 124 valence electrons. The number of hydrogen-bond acceptors (Lipinski definition) is 4. The molecule has 2 aromatic heterocycles. The first-order valence-corrected chi connectivity index (χ1v) is 8.00. The first-order valence-electron chi connectivity index (χ1n) is 6.83. The van der Waals surface area contributed by atoms with Crippen molar-refractivity contribution in [2.75, 3.05) is 5.32 Å². The average molecular weight is 414 g/mol. The fourth-order valence-electron chi connectivity index (χ4n) is 2.11. The van der Waals surface area contributed by atoms with E-state index in [9.17, 15) is 9.18 Å². The highest BCUT2D eigenvalue weighted by molar-refractivity contribution is 9.10. The molecule has 0 saturated carbocycles. The minimum Gasteiger partial charge on any atom is -0.361 e. The van der Waals surface area contributed by atoms with Crippen LogP contribution in [0.1, 0.15) is 21.8 Å². The summed E-state index contributed by atoms with van der Waals surface area (Å²) in [6, 6.07) is 4.34. The average Bonchev–Trinajstić information content (AvgIpc) is 3.09. The lowest BCUT2D eigenvalue weighted by molar-refractivity contribution is 0.101. The number of anilines is 1. The zero-order valence-corrected chi connectivity index (χ0v) is 14.7. The van der Waals surface area contributed by atoms with Gasteiger partial charge in [0.05, 0.1) is 23.5 Å². The maximum absolute atomic E-state index is 13.9. The molecule has 0 atom stereocenters. The smallest absolute Gasteiger partial charge is 0.278 e. The number of nitrogens with zero attached hydrogens (tertiary/aromatic N) is 3. The minimum absolute atomic E-state index is 0.0527. The summed E-state index contributed by atoms with van der Waals surface area (Å²) >= 11 is 8.99. The Labute approximate surface area is 149 Å². The van der Waals surface area contributed by atoms with Crippen molar-refractivity contribution in [3.63, 3.8) is 0 Å². The summed E-state index contributed by atoms with van der Waals surface area (Å²) in [6.07, 6.45) is 3.10. The van der Waals surface area contributed by atoms with E-state index in [0.717, 1.165) is 0 Å². The van der Waals surface area contributed by atoms with Crippen LogP contribution in [0.25, 0.3) is 0 Å². The minimum atomic E-state index is -0.568. The van der Waals surface area contributed by atoms with Crippen LogP contribution in [0.2, 0.25) is 5.02 Å². The molecule has 24 heavy (non-hydrogen) atoms. The molecule has 0 fully saturated rings. The van der Waals surface area contributed by atoms with Crippen LogP contribution in [0.4, 0.5) is 10.1 Å². The van der Waals surface area contributed by atoms with Gasteiger partial charge < -0.3 is 9.84 Å². The fraction of sp³-hybridized carbons (Fsp3) is 0.133. The monoisotopic (exact) mass is 412 g/mol. The van der Waals surface area contributed by atoms with Crippen molar-refractivity contribution in [1.29, 1.82) is 0 Å². The molecule has 0 unspecified atom stereocenters. The summed E-state index contributed by atoms with van der Waals surface area (Å²) < 4.78 is 21.1. The highest BCUT2D eigenvalue weighted by Crippen LogP contribution is 2.22. The van der Waals surface area contributed by atoms with Gasteiger partial charge in [-0.3, -0.25) is 9.48 Å². The Kier molecular flexibility index (Phi) is 4.68. The van der Waals surface area contributed by atoms with Gasteiger partial charge in [-0.1, -0.05) is 32.7 Å². The Bertz CT molecular complexity index is 909. The predicted molar refractivity (Wildman–Crippen MR) is 89.6 cm³/mol. The molecular weight excluding hydrogens is 403 g/mol. The molecule has 0 spiro atoms. The molecule has 0 aliphatic heterocycles. The van der Waals surface area contributed by atoms with Gasteiger partial charge in [0.2, 0.25) is 0 Å². The van der Waals surface area contributed by atoms with Gasteiger partial charge in [-0.15, -0.1) is 0 Å². The van der Waals surface area contributed by atoms with E-state index < -0.39 is 11.7 Å². The molecule has 1 N–H and O–H groups in total. The quantitative estimate of drug-likeness (QED) is 0.701. The number of aryl methyl sites for hydroxylation is 1. The predicted octanol–water partition coefficient (Wildman–Crippen LogP) is 4.04. The largest absolute Gasteiger partial charge is 0.361 e. The van der Waals surface area contributed by atoms with Gasteiger partial charge in [-0.2, -0.15) is 5.10 Å². The molecule has 0 aliphatic carbocycles. The Morgan fingerprint density at radius 3 is 2.96 bits per heavy atom. The van der Waals surface area contributed by atoms with E-state index in [2.05, 4.69) is 31.5 Å². The van der Waals surface area contributed by atoms with Gasteiger partial charge in [0.25, 0.3) is 5.91 Å². The summed E-state index contributed by atoms with van der Waals surface area (Å²) in [6.45, 7) is 1.94. The van der Waals surface area contributed by atoms with Crippen molar-refractivity contribution in [3.8, 4) is 0 Å². The van der Waals surface area contributed by atoms with E-state index in [4.69, 9.17) is 16.1 Å². The topological polar surface area (TPSA) is 73.0 Å². The maximum Gasteiger partial charge on any atom is 0.278 e. The van der Waals surface area contributed by atoms with Crippen LogP contribution in [0.5, 0.6) is 0 Å². The van der Waals surface area contributed by atoms with Crippen molar-refractivity contribution in [2.24, 2.45) is 0 Å². The van der Waals surface area contributed by atoms with Crippen LogP contribution in [0, 0.1) is 12.7 Å². The van der Waals surface area contributed by atoms with Gasteiger partial charge in [0.15, 0.2) is 5.69 Å². The van der Waals surface area contributed by atoms with Crippen LogP contribution < -0.4 is 5.32 Å². The van der Waals surface area contributed by atoms with Crippen LogP contribution >= 0.6 is 27.5 Å². The molecule has 0 radical (unpaired) electrons. The maximum atomic E-state index is 13.9. The van der Waals surface area contributed by atoms with Crippen LogP contribution in [-0.2, 0) is 6.54 Å². The zero-order valence-electron chi connectivity index (χ0n) is 12.4. The summed E-state index contributed by atoms with van der Waals surface area (Å²) in [5.74, 6) is -0.650. The fourth-order valence-corrected chi connectivity index (χ4v) is 2.60. The van der Waals surface area contributed by atoms with Crippen molar-refractivity contribution >= 4 is 39.1 Å². The van der Waals surface area contributed by atoms with E-state index in [1.165, 1.54) is 18.3 Å². The van der Waals surface area contributed by atoms with E-state index in [1.807, 2.05) is 0 Å². The molecule has 1 amide bonds. The Morgan fingerprint density at radius 1 is 1.50 bits per heavy atom. The second-order valence-corrected chi connectivity index (χ2v) is 6.35. The lowest BCUT2D eigenvalue weighted by Crippen LogP contribution is -2.16. The number of rotatable bonds is 4. The first-order chi connectivity index (χ1) is 11.4. The second kappa shape index (κ2) is 6.74. The molecule has 2 heterocycles. The van der Waals surface area contributed by atoms with Crippen molar-refractivity contribution in [1.82, 2.24) is 14.9 Å². The number of nitrogens with one attached hydrogen (secondary N) is 1. The number of halogens is 3. The highest BCUT2D eigenvalue weighted by Gasteiger charge is 2.21. The molecule has 3 rings (SSSR count). The lowest BCUT2D eigenvalue weighted by Gasteiger charge is -2.06. The van der Waals surface area contributed by atoms with Crippen LogP contribution in [-0.4, -0.2) is 20.8 Å². The highest BCUT2D eigenvalue weighted by atomic mass is 79.9. The summed E-state index contributed by atoms with van der Waals surface area (Å²) in [7, 11) is 0. The summed E-state index contributed by atoms with van der Waals surface area (Å²) in [5.41, 5.74) is 0.670. The van der Waals surface area contributed by atoms with Gasteiger partial charge in [-0.25, -0.2) is 4.39 Å². The molecule has 3 aromatic rings. The van der Waals surface area contributed by atoms with Gasteiger partial charge >= 0.3 is 0 Å². The van der Waals surface area contributed by atoms with Gasteiger partial charge in [0.1, 0.15) is 11.6 Å². The number of aromatic nitrogens is 3. The molecule has 0 bridgehead atoms. The Hall–Kier alpha value is -2.19. The van der Waals surface area contributed by atoms with E-state index in [1.54, 1.807) is 23.9 Å². The lowest BCUT2D eigenvalue weighted by atomic mass is 10.2. The van der Waals surface area contributed by atoms with Crippen molar-refractivity contribution in [2.45, 2.75) is 13.5 Å². The van der Waals surface area contributed by atoms with Crippen LogP contribution in [0.15, 0.2) is 39.6 Å². The number of carbonyl (C=O) groups excluding carboxylic acids is 1. The second-order valence-electron chi connectivity index (χ2n) is 5.00. The van der Waals surface area contributed by atoms with Gasteiger partial charge in [-0.05, 0) is 25.1 Å². The molecule has 0 saturated heterocycles. The molecule has 6 nitrogen and oxygen atoms in total. The third-order valence-electron chi connectivity index (χ3n) is 3.30. The van der Waals surface area contributed by atoms with E-state index in [-0.39, 0.29) is 17.9 Å². The Balaban J connectivity index is 1.85. The standard InChI is InChI=1S/C15H11BrClFN4O2/c1-8-11(7-22-6-10(17)5-19-22)14(21-24-8)15(23)20-13-3-2-9(16)4-12(13)18/h2-6H,7H2,1H3,(H,20,23). The van der Waals surface area contributed by atoms with Crippen molar-refractivity contribution in [3.05, 3.63) is 62.9 Å². The van der Waals surface area contributed by atoms with E-state index in [0.29, 0.717) is 20.8 Å². The Morgan fingerprint density at radius 2 is 2.29 bits per heavy atom. The van der Waals surface area contributed by atoms with E-state index >= 15 is 0 Å².